The van der Waals surface area contributed by atoms with Gasteiger partial charge in [0.25, 0.3) is 0 Å². The molecule has 11 heteroatoms. The number of amides is 2. The molecule has 0 aromatic carbocycles. The Labute approximate surface area is 207 Å². The fraction of sp³-hybridized carbons (Fsp3) is 0.792. The van der Waals surface area contributed by atoms with E-state index >= 15 is 0 Å². The summed E-state index contributed by atoms with van der Waals surface area (Å²) in [5.74, 6) is -0.862. The van der Waals surface area contributed by atoms with E-state index in [4.69, 9.17) is 24.1 Å². The summed E-state index contributed by atoms with van der Waals surface area (Å²) in [5.41, 5.74) is -0.646. The first-order valence-electron chi connectivity index (χ1n) is 12.1. The molecule has 0 aromatic rings. The van der Waals surface area contributed by atoms with Crippen LogP contribution in [0.5, 0.6) is 0 Å². The van der Waals surface area contributed by atoms with Crippen molar-refractivity contribution in [1.29, 1.82) is 0 Å². The predicted molar refractivity (Wildman–Crippen MR) is 127 cm³/mol. The number of hydrogen-bond acceptors (Lipinski definition) is 9. The molecule has 0 aromatic heterocycles. The van der Waals surface area contributed by atoms with Crippen LogP contribution in [0.25, 0.3) is 0 Å². The predicted octanol–water partition coefficient (Wildman–Crippen LogP) is 0.476. The van der Waals surface area contributed by atoms with Crippen molar-refractivity contribution in [2.75, 3.05) is 65.9 Å². The molecule has 0 saturated heterocycles. The molecular weight excluding hydrogens is 460 g/mol. The number of nitrogens with zero attached hydrogens (tertiary/aromatic N) is 2. The van der Waals surface area contributed by atoms with E-state index in [-0.39, 0.29) is 51.1 Å². The Morgan fingerprint density at radius 2 is 1.63 bits per heavy atom. The van der Waals surface area contributed by atoms with Crippen LogP contribution in [0.2, 0.25) is 0 Å². The minimum absolute atomic E-state index is 0.0247. The summed E-state index contributed by atoms with van der Waals surface area (Å²) >= 11 is 0. The first kappa shape index (κ1) is 31.0. The molecule has 0 spiro atoms. The summed E-state index contributed by atoms with van der Waals surface area (Å²) < 4.78 is 21.3. The number of aliphatic hydroxyl groups is 2. The van der Waals surface area contributed by atoms with E-state index in [1.165, 1.54) is 22.0 Å². The highest BCUT2D eigenvalue weighted by Crippen LogP contribution is 2.12. The van der Waals surface area contributed by atoms with Crippen molar-refractivity contribution in [1.82, 2.24) is 9.80 Å². The van der Waals surface area contributed by atoms with E-state index in [0.717, 1.165) is 0 Å². The second-order valence-corrected chi connectivity index (χ2v) is 9.08. The summed E-state index contributed by atoms with van der Waals surface area (Å²) in [6, 6.07) is 0. The van der Waals surface area contributed by atoms with Gasteiger partial charge in [-0.25, -0.2) is 0 Å². The van der Waals surface area contributed by atoms with Crippen molar-refractivity contribution < 1.29 is 43.5 Å². The lowest BCUT2D eigenvalue weighted by Gasteiger charge is -2.25. The van der Waals surface area contributed by atoms with E-state index in [9.17, 15) is 19.5 Å². The van der Waals surface area contributed by atoms with Gasteiger partial charge in [0.1, 0.15) is 18.4 Å². The van der Waals surface area contributed by atoms with E-state index in [0.29, 0.717) is 52.2 Å². The summed E-state index contributed by atoms with van der Waals surface area (Å²) in [4.78, 5) is 39.5. The van der Waals surface area contributed by atoms with Crippen LogP contribution in [-0.2, 0) is 33.3 Å². The largest absolute Gasteiger partial charge is 0.459 e. The van der Waals surface area contributed by atoms with Gasteiger partial charge in [-0.2, -0.15) is 0 Å². The van der Waals surface area contributed by atoms with Crippen LogP contribution in [0.15, 0.2) is 12.2 Å². The Hall–Kier alpha value is -2.05. The van der Waals surface area contributed by atoms with Crippen molar-refractivity contribution in [3.05, 3.63) is 12.2 Å². The molecule has 0 bridgehead atoms. The van der Waals surface area contributed by atoms with E-state index in [1.54, 1.807) is 20.8 Å². The zero-order chi connectivity index (χ0) is 26.1. The average molecular weight is 503 g/mol. The fourth-order valence-electron chi connectivity index (χ4n) is 3.24. The second-order valence-electron chi connectivity index (χ2n) is 9.08. The number of ether oxygens (including phenoxy) is 4. The van der Waals surface area contributed by atoms with Crippen LogP contribution in [0.1, 0.15) is 46.5 Å². The molecular formula is C24H42N2O9. The molecule has 2 amide bonds. The fourth-order valence-corrected chi connectivity index (χ4v) is 3.24. The summed E-state index contributed by atoms with van der Waals surface area (Å²) in [6.07, 6.45) is 4.15. The van der Waals surface area contributed by atoms with Gasteiger partial charge in [-0.05, 0) is 39.7 Å². The van der Waals surface area contributed by atoms with E-state index in [1.807, 2.05) is 0 Å². The lowest BCUT2D eigenvalue weighted by Crippen LogP contribution is -2.40. The van der Waals surface area contributed by atoms with Gasteiger partial charge in [-0.1, -0.05) is 6.42 Å². The molecule has 0 radical (unpaired) electrons. The van der Waals surface area contributed by atoms with E-state index < -0.39 is 17.8 Å². The summed E-state index contributed by atoms with van der Waals surface area (Å²) in [7, 11) is 0. The third-order valence-corrected chi connectivity index (χ3v) is 4.88. The van der Waals surface area contributed by atoms with Crippen LogP contribution in [0.3, 0.4) is 0 Å². The van der Waals surface area contributed by atoms with Crippen LogP contribution in [0, 0.1) is 0 Å². The SMILES string of the molecule is CC(C)(C)OC(=O)CN(CCOCCOCCOCCO)C(=O)CCCCCN1C(=O)C=CC1O. The summed E-state index contributed by atoms with van der Waals surface area (Å²) in [5, 5.41) is 18.3. The first-order chi connectivity index (χ1) is 16.6. The van der Waals surface area contributed by atoms with Gasteiger partial charge in [0, 0.05) is 25.6 Å². The van der Waals surface area contributed by atoms with Crippen LogP contribution in [0.4, 0.5) is 0 Å². The molecule has 1 aliphatic rings. The van der Waals surface area contributed by atoms with Gasteiger partial charge in [-0.15, -0.1) is 0 Å². The van der Waals surface area contributed by atoms with Gasteiger partial charge in [0.15, 0.2) is 0 Å². The molecule has 1 atom stereocenters. The number of carbonyl (C=O) groups excluding carboxylic acids is 3. The zero-order valence-corrected chi connectivity index (χ0v) is 21.3. The molecule has 11 nitrogen and oxygen atoms in total. The highest BCUT2D eigenvalue weighted by atomic mass is 16.6. The van der Waals surface area contributed by atoms with Gasteiger partial charge >= 0.3 is 5.97 Å². The molecule has 0 fully saturated rings. The molecule has 1 unspecified atom stereocenters. The maximum absolute atomic E-state index is 12.8. The normalized spacial score (nSPS) is 15.6. The number of hydrogen-bond donors (Lipinski definition) is 2. The Bertz CT molecular complexity index is 664. The molecule has 0 saturated carbocycles. The van der Waals surface area contributed by atoms with Gasteiger partial charge < -0.3 is 39.0 Å². The number of rotatable bonds is 19. The van der Waals surface area contributed by atoms with Crippen molar-refractivity contribution in [3.63, 3.8) is 0 Å². The van der Waals surface area contributed by atoms with Gasteiger partial charge in [0.2, 0.25) is 11.8 Å². The number of esters is 1. The molecule has 2 N–H and O–H groups in total. The highest BCUT2D eigenvalue weighted by molar-refractivity contribution is 5.90. The third kappa shape index (κ3) is 14.8. The molecule has 1 heterocycles. The lowest BCUT2D eigenvalue weighted by molar-refractivity contribution is -0.159. The lowest BCUT2D eigenvalue weighted by atomic mass is 10.1. The summed E-state index contributed by atoms with van der Waals surface area (Å²) in [6.45, 7) is 7.83. The van der Waals surface area contributed by atoms with E-state index in [2.05, 4.69) is 0 Å². The topological polar surface area (TPSA) is 135 Å². The van der Waals surface area contributed by atoms with Crippen molar-refractivity contribution >= 4 is 17.8 Å². The van der Waals surface area contributed by atoms with Crippen molar-refractivity contribution in [2.45, 2.75) is 58.3 Å². The van der Waals surface area contributed by atoms with Crippen molar-refractivity contribution in [3.8, 4) is 0 Å². The first-order valence-corrected chi connectivity index (χ1v) is 12.1. The third-order valence-electron chi connectivity index (χ3n) is 4.88. The van der Waals surface area contributed by atoms with Crippen LogP contribution >= 0.6 is 0 Å². The minimum atomic E-state index is -0.876. The maximum atomic E-state index is 12.8. The van der Waals surface area contributed by atoms with Crippen molar-refractivity contribution in [2.24, 2.45) is 0 Å². The zero-order valence-electron chi connectivity index (χ0n) is 21.3. The Balaban J connectivity index is 2.33. The molecule has 202 valence electrons. The van der Waals surface area contributed by atoms with Gasteiger partial charge in [0.05, 0.1) is 46.2 Å². The minimum Gasteiger partial charge on any atom is -0.459 e. The monoisotopic (exact) mass is 502 g/mol. The highest BCUT2D eigenvalue weighted by Gasteiger charge is 2.24. The molecule has 35 heavy (non-hydrogen) atoms. The van der Waals surface area contributed by atoms with Crippen LogP contribution in [-0.4, -0.2) is 116 Å². The van der Waals surface area contributed by atoms with Crippen LogP contribution < -0.4 is 0 Å². The Morgan fingerprint density at radius 1 is 1.00 bits per heavy atom. The van der Waals surface area contributed by atoms with Gasteiger partial charge in [-0.3, -0.25) is 14.4 Å². The second kappa shape index (κ2) is 17.4. The number of aliphatic hydroxyl groups excluding tert-OH is 2. The Morgan fingerprint density at radius 3 is 2.20 bits per heavy atom. The smallest absolute Gasteiger partial charge is 0.326 e. The number of carbonyl (C=O) groups is 3. The molecule has 0 aliphatic carbocycles. The number of unbranched alkanes of at least 4 members (excludes halogenated alkanes) is 2. The standard InChI is InChI=1S/C24H42N2O9/c1-24(2,3)35-23(31)19-25(11-13-32-15-17-34-18-16-33-14-12-27)20(28)7-5-4-6-10-26-21(29)8-9-22(26)30/h8-9,21,27,29H,4-7,10-19H2,1-3H3. The Kier molecular flexibility index (Phi) is 15.4. The maximum Gasteiger partial charge on any atom is 0.326 e. The molecule has 1 rings (SSSR count). The average Bonchev–Trinajstić information content (AvgIpc) is 3.10. The molecule has 1 aliphatic heterocycles. The quantitative estimate of drug-likeness (QED) is 0.191.